The smallest absolute Gasteiger partial charge is 0.435 e. The molecule has 8 heteroatoms. The molecule has 0 spiro atoms. The molecule has 37 heavy (non-hydrogen) atoms. The molecular formula is C29H31N5O3. The first kappa shape index (κ1) is 23.5. The molecule has 6 rings (SSSR count). The minimum Gasteiger partial charge on any atom is -0.442 e. The summed E-state index contributed by atoms with van der Waals surface area (Å²) in [5, 5.41) is 5.42. The molecule has 4 aromatic rings. The summed E-state index contributed by atoms with van der Waals surface area (Å²) in [6.07, 6.45) is 9.34. The molecule has 0 N–H and O–H groups in total. The Labute approximate surface area is 215 Å². The van der Waals surface area contributed by atoms with Gasteiger partial charge in [0.05, 0.1) is 11.2 Å². The summed E-state index contributed by atoms with van der Waals surface area (Å²) in [5.41, 5.74) is 3.02. The van der Waals surface area contributed by atoms with Gasteiger partial charge >= 0.3 is 6.09 Å². The minimum atomic E-state index is -0.586. The van der Waals surface area contributed by atoms with Gasteiger partial charge in [-0.05, 0) is 88.8 Å². The van der Waals surface area contributed by atoms with Crippen LogP contribution in [0.2, 0.25) is 0 Å². The molecule has 2 aliphatic carbocycles. The number of carbonyl (C=O) groups excluding carboxylic acids is 2. The number of hydrogen-bond acceptors (Lipinski definition) is 5. The zero-order chi connectivity index (χ0) is 25.7. The van der Waals surface area contributed by atoms with Crippen LogP contribution in [-0.4, -0.2) is 53.9 Å². The van der Waals surface area contributed by atoms with Gasteiger partial charge in [-0.2, -0.15) is 9.78 Å². The Bertz CT molecular complexity index is 1480. The van der Waals surface area contributed by atoms with E-state index in [1.807, 2.05) is 74.0 Å². The fraction of sp³-hybridized carbons (Fsp3) is 0.379. The van der Waals surface area contributed by atoms with Gasteiger partial charge in [0.2, 0.25) is 0 Å². The van der Waals surface area contributed by atoms with Gasteiger partial charge in [-0.15, -0.1) is 0 Å². The molecule has 1 aromatic carbocycles. The van der Waals surface area contributed by atoms with Crippen LogP contribution >= 0.6 is 0 Å². The van der Waals surface area contributed by atoms with Crippen LogP contribution in [0.3, 0.4) is 0 Å². The number of aryl methyl sites for hydroxylation is 1. The van der Waals surface area contributed by atoms with Gasteiger partial charge < -0.3 is 14.2 Å². The fourth-order valence-electron chi connectivity index (χ4n) is 5.30. The second-order valence-corrected chi connectivity index (χ2v) is 11.0. The third kappa shape index (κ3) is 4.52. The summed E-state index contributed by atoms with van der Waals surface area (Å²) in [6.45, 7) is 5.53. The lowest BCUT2D eigenvalue weighted by molar-refractivity contribution is 0.0513. The van der Waals surface area contributed by atoms with E-state index in [0.29, 0.717) is 12.0 Å². The molecule has 0 aliphatic heterocycles. The van der Waals surface area contributed by atoms with Crippen LogP contribution in [0.5, 0.6) is 0 Å². The molecule has 1 fully saturated rings. The fourth-order valence-corrected chi connectivity index (χ4v) is 5.30. The van der Waals surface area contributed by atoms with E-state index in [-0.39, 0.29) is 18.0 Å². The average Bonchev–Trinajstić information content (AvgIpc) is 3.45. The van der Waals surface area contributed by atoms with Crippen LogP contribution < -0.4 is 0 Å². The predicted octanol–water partition coefficient (Wildman–Crippen LogP) is 5.17. The first-order valence-electron chi connectivity index (χ1n) is 12.9. The van der Waals surface area contributed by atoms with E-state index in [2.05, 4.69) is 15.0 Å². The van der Waals surface area contributed by atoms with Crippen molar-refractivity contribution in [3.63, 3.8) is 0 Å². The van der Waals surface area contributed by atoms with Gasteiger partial charge in [-0.3, -0.25) is 4.79 Å². The van der Waals surface area contributed by atoms with Crippen molar-refractivity contribution in [3.05, 3.63) is 77.9 Å². The molecule has 1 saturated carbocycles. The monoisotopic (exact) mass is 497 g/mol. The van der Waals surface area contributed by atoms with E-state index in [9.17, 15) is 9.59 Å². The first-order valence-corrected chi connectivity index (χ1v) is 12.9. The Morgan fingerprint density at radius 2 is 1.86 bits per heavy atom. The van der Waals surface area contributed by atoms with Crippen LogP contribution in [0.25, 0.3) is 16.7 Å². The van der Waals surface area contributed by atoms with Gasteiger partial charge in [-0.25, -0.2) is 9.78 Å². The highest BCUT2D eigenvalue weighted by molar-refractivity contribution is 6.07. The zero-order valence-corrected chi connectivity index (χ0v) is 21.4. The lowest BCUT2D eigenvalue weighted by Gasteiger charge is -2.34. The molecule has 2 aliphatic rings. The van der Waals surface area contributed by atoms with Gasteiger partial charge in [-0.1, -0.05) is 12.1 Å². The number of pyridine rings is 1. The normalized spacial score (nSPS) is 17.4. The highest BCUT2D eigenvalue weighted by Crippen LogP contribution is 2.36. The molecule has 8 nitrogen and oxygen atoms in total. The molecule has 0 saturated heterocycles. The molecule has 0 bridgehead atoms. The van der Waals surface area contributed by atoms with Crippen molar-refractivity contribution < 1.29 is 14.3 Å². The van der Waals surface area contributed by atoms with Gasteiger partial charge in [0.25, 0.3) is 5.91 Å². The minimum absolute atomic E-state index is 0.0666. The summed E-state index contributed by atoms with van der Waals surface area (Å²) in [7, 11) is 0. The zero-order valence-electron chi connectivity index (χ0n) is 21.4. The van der Waals surface area contributed by atoms with Crippen molar-refractivity contribution in [2.75, 3.05) is 0 Å². The van der Waals surface area contributed by atoms with E-state index in [1.165, 1.54) is 4.68 Å². The summed E-state index contributed by atoms with van der Waals surface area (Å²) in [5.74, 6) is 0.891. The summed E-state index contributed by atoms with van der Waals surface area (Å²) in [6, 6.07) is 14.0. The third-order valence-electron chi connectivity index (χ3n) is 7.06. The van der Waals surface area contributed by atoms with E-state index in [0.717, 1.165) is 53.7 Å². The van der Waals surface area contributed by atoms with Crippen LogP contribution in [0.1, 0.15) is 61.6 Å². The second kappa shape index (κ2) is 8.87. The number of hydrogen-bond donors (Lipinski definition) is 0. The van der Waals surface area contributed by atoms with Crippen molar-refractivity contribution in [2.24, 2.45) is 0 Å². The molecular weight excluding hydrogens is 466 g/mol. The van der Waals surface area contributed by atoms with Crippen LogP contribution in [0, 0.1) is 0 Å². The Morgan fingerprint density at radius 1 is 1.03 bits per heavy atom. The van der Waals surface area contributed by atoms with Crippen molar-refractivity contribution in [3.8, 4) is 5.82 Å². The van der Waals surface area contributed by atoms with Crippen molar-refractivity contribution in [1.29, 1.82) is 0 Å². The van der Waals surface area contributed by atoms with Gasteiger partial charge in [0.15, 0.2) is 0 Å². The number of amides is 1. The number of fused-ring (bicyclic) bond motifs is 2. The number of nitrogens with zero attached hydrogens (tertiary/aromatic N) is 5. The van der Waals surface area contributed by atoms with Gasteiger partial charge in [0, 0.05) is 41.6 Å². The lowest BCUT2D eigenvalue weighted by atomic mass is 9.91. The number of benzene rings is 1. The number of carbonyl (C=O) groups is 2. The summed E-state index contributed by atoms with van der Waals surface area (Å²) >= 11 is 0. The largest absolute Gasteiger partial charge is 0.442 e. The Balaban J connectivity index is 1.28. The van der Waals surface area contributed by atoms with Crippen LogP contribution in [0.15, 0.2) is 61.1 Å². The molecule has 1 unspecified atom stereocenters. The summed E-state index contributed by atoms with van der Waals surface area (Å²) < 4.78 is 8.81. The standard InChI is InChI=1S/C29H31N5O3/c1-29(2,3)37-28(36)33-18-19-17-21(12-13-24(19)31-33)34(20-10-11-20)27(35)23-7-6-8-25-22(23)14-16-32(25)26-9-4-5-15-30-26/h4-9,14-16,18,20-21H,10-13,17H2,1-3H3. The lowest BCUT2D eigenvalue weighted by Crippen LogP contribution is -2.44. The number of aromatic nitrogens is 4. The predicted molar refractivity (Wildman–Crippen MR) is 140 cm³/mol. The maximum absolute atomic E-state index is 14.1. The highest BCUT2D eigenvalue weighted by atomic mass is 16.6. The average molecular weight is 498 g/mol. The van der Waals surface area contributed by atoms with E-state index in [4.69, 9.17) is 4.74 Å². The van der Waals surface area contributed by atoms with Gasteiger partial charge in [0.1, 0.15) is 11.4 Å². The number of rotatable bonds is 4. The molecule has 3 aromatic heterocycles. The van der Waals surface area contributed by atoms with Crippen LogP contribution in [0.4, 0.5) is 4.79 Å². The van der Waals surface area contributed by atoms with Crippen molar-refractivity contribution in [1.82, 2.24) is 24.2 Å². The molecule has 1 atom stereocenters. The Kier molecular flexibility index (Phi) is 5.62. The maximum atomic E-state index is 14.1. The Morgan fingerprint density at radius 3 is 2.59 bits per heavy atom. The third-order valence-corrected chi connectivity index (χ3v) is 7.06. The second-order valence-electron chi connectivity index (χ2n) is 11.0. The SMILES string of the molecule is CC(C)(C)OC(=O)n1cc2c(n1)CCC(N(C(=O)c1cccc3c1ccn3-c1ccccn1)C1CC1)C2. The molecule has 0 radical (unpaired) electrons. The molecule has 190 valence electrons. The highest BCUT2D eigenvalue weighted by Gasteiger charge is 2.40. The topological polar surface area (TPSA) is 82.3 Å². The van der Waals surface area contributed by atoms with E-state index >= 15 is 0 Å². The van der Waals surface area contributed by atoms with Crippen LogP contribution in [-0.2, 0) is 17.6 Å². The van der Waals surface area contributed by atoms with E-state index < -0.39 is 11.7 Å². The molecule has 3 heterocycles. The number of ether oxygens (including phenoxy) is 1. The first-order chi connectivity index (χ1) is 17.8. The van der Waals surface area contributed by atoms with E-state index in [1.54, 1.807) is 12.4 Å². The quantitative estimate of drug-likeness (QED) is 0.389. The Hall–Kier alpha value is -3.94. The molecule has 1 amide bonds. The van der Waals surface area contributed by atoms with Crippen molar-refractivity contribution >= 4 is 22.9 Å². The summed E-state index contributed by atoms with van der Waals surface area (Å²) in [4.78, 5) is 33.2. The maximum Gasteiger partial charge on any atom is 0.435 e. The van der Waals surface area contributed by atoms with Crippen molar-refractivity contribution in [2.45, 2.75) is 70.6 Å².